The average Bonchev–Trinajstić information content (AvgIpc) is 3.36. The zero-order valence-corrected chi connectivity index (χ0v) is 21.9. The molecule has 2 aromatic heterocycles. The largest absolute Gasteiger partial charge is 0.359 e. The maximum absolute atomic E-state index is 12.2. The molecule has 1 amide bonds. The summed E-state index contributed by atoms with van der Waals surface area (Å²) in [5.41, 5.74) is 1.60. The lowest BCUT2D eigenvalue weighted by Gasteiger charge is -2.22. The Hall–Kier alpha value is -3.08. The molecule has 3 N–H and O–H groups in total. The second-order valence-electron chi connectivity index (χ2n) is 8.95. The Labute approximate surface area is 211 Å². The first-order chi connectivity index (χ1) is 16.5. The third-order valence-electron chi connectivity index (χ3n) is 6.12. The van der Waals surface area contributed by atoms with E-state index in [9.17, 15) is 18.5 Å². The number of anilines is 1. The number of nitrogens with one attached hydrogen (secondary N) is 3. The topological polar surface area (TPSA) is 155 Å². The van der Waals surface area contributed by atoms with Crippen molar-refractivity contribution in [3.05, 3.63) is 40.1 Å². The molecule has 0 unspecified atom stereocenters. The molecule has 0 saturated heterocycles. The lowest BCUT2D eigenvalue weighted by atomic mass is 9.87. The van der Waals surface area contributed by atoms with Crippen LogP contribution in [0.1, 0.15) is 37.3 Å². The van der Waals surface area contributed by atoms with E-state index in [4.69, 9.17) is 0 Å². The van der Waals surface area contributed by atoms with Gasteiger partial charge in [0.1, 0.15) is 4.60 Å². The van der Waals surface area contributed by atoms with Crippen LogP contribution in [0.2, 0.25) is 0 Å². The number of halogens is 1. The van der Waals surface area contributed by atoms with E-state index in [1.165, 1.54) is 0 Å². The zero-order chi connectivity index (χ0) is 25.4. The van der Waals surface area contributed by atoms with Gasteiger partial charge in [0.05, 0.1) is 29.0 Å². The minimum atomic E-state index is -3.40. The molecule has 11 nitrogen and oxygen atoms in total. The highest BCUT2D eigenvalue weighted by Crippen LogP contribution is 2.39. The van der Waals surface area contributed by atoms with Crippen LogP contribution in [-0.2, 0) is 21.4 Å². The molecule has 0 radical (unpaired) electrons. The molecule has 0 spiro atoms. The van der Waals surface area contributed by atoms with Gasteiger partial charge in [-0.1, -0.05) is 6.92 Å². The van der Waals surface area contributed by atoms with Gasteiger partial charge in [0.2, 0.25) is 21.9 Å². The summed E-state index contributed by atoms with van der Waals surface area (Å²) in [4.78, 5) is 21.3. The first-order valence-corrected chi connectivity index (χ1v) is 13.6. The fraction of sp³-hybridized carbons (Fsp3) is 0.409. The molecule has 2 atom stereocenters. The van der Waals surface area contributed by atoms with Crippen LogP contribution >= 0.6 is 15.9 Å². The Morgan fingerprint density at radius 2 is 2.14 bits per heavy atom. The van der Waals surface area contributed by atoms with Crippen LogP contribution in [0.3, 0.4) is 0 Å². The van der Waals surface area contributed by atoms with Gasteiger partial charge in [-0.05, 0) is 59.0 Å². The minimum Gasteiger partial charge on any atom is -0.359 e. The number of nitriles is 1. The van der Waals surface area contributed by atoms with E-state index in [-0.39, 0.29) is 18.5 Å². The maximum Gasteiger partial charge on any atom is 0.225 e. The third kappa shape index (κ3) is 5.44. The van der Waals surface area contributed by atoms with Crippen molar-refractivity contribution in [3.8, 4) is 11.8 Å². The fourth-order valence-electron chi connectivity index (χ4n) is 4.35. The second kappa shape index (κ2) is 9.52. The molecule has 35 heavy (non-hydrogen) atoms. The number of nitrogens with zero attached hydrogens (tertiary/aromatic N) is 5. The molecular weight excluding hydrogens is 536 g/mol. The Morgan fingerprint density at radius 3 is 2.83 bits per heavy atom. The number of benzene rings is 1. The lowest BCUT2D eigenvalue weighted by Crippen LogP contribution is -2.35. The molecule has 184 valence electrons. The van der Waals surface area contributed by atoms with Crippen LogP contribution in [0.15, 0.2) is 29.0 Å². The van der Waals surface area contributed by atoms with Crippen molar-refractivity contribution in [2.24, 2.45) is 5.41 Å². The lowest BCUT2D eigenvalue weighted by molar-refractivity contribution is -0.129. The number of rotatable bonds is 7. The van der Waals surface area contributed by atoms with Crippen LogP contribution in [0.25, 0.3) is 16.7 Å². The average molecular weight is 561 g/mol. The molecule has 1 aromatic carbocycles. The van der Waals surface area contributed by atoms with Gasteiger partial charge in [-0.25, -0.2) is 22.8 Å². The Kier molecular flexibility index (Phi) is 6.81. The molecule has 1 aliphatic rings. The molecular formula is C22H25BrN8O3S. The van der Waals surface area contributed by atoms with Crippen molar-refractivity contribution in [3.63, 3.8) is 0 Å². The van der Waals surface area contributed by atoms with E-state index >= 15 is 0 Å². The SMILES string of the molecule is CNC(=O)[C@]1(C)CC[C@@H](Nc2ncc3c(Br)nn(-c4cc(C#N)cc(CNS(C)(=O)=O)c4)c3n2)C1. The monoisotopic (exact) mass is 560 g/mol. The Morgan fingerprint density at radius 1 is 1.37 bits per heavy atom. The summed E-state index contributed by atoms with van der Waals surface area (Å²) in [6, 6.07) is 7.17. The van der Waals surface area contributed by atoms with E-state index in [0.717, 1.165) is 19.1 Å². The minimum absolute atomic E-state index is 0.0266. The summed E-state index contributed by atoms with van der Waals surface area (Å²) in [6.45, 7) is 2.00. The summed E-state index contributed by atoms with van der Waals surface area (Å²) >= 11 is 3.44. The zero-order valence-electron chi connectivity index (χ0n) is 19.5. The number of carbonyl (C=O) groups is 1. The summed E-state index contributed by atoms with van der Waals surface area (Å²) in [5.74, 6) is 0.437. The van der Waals surface area contributed by atoms with Crippen LogP contribution in [0, 0.1) is 16.7 Å². The molecule has 13 heteroatoms. The van der Waals surface area contributed by atoms with Crippen molar-refractivity contribution < 1.29 is 13.2 Å². The highest BCUT2D eigenvalue weighted by molar-refractivity contribution is 9.10. The van der Waals surface area contributed by atoms with Crippen LogP contribution in [0.4, 0.5) is 5.95 Å². The molecule has 3 aromatic rings. The molecule has 4 rings (SSSR count). The van der Waals surface area contributed by atoms with Crippen LogP contribution < -0.4 is 15.4 Å². The van der Waals surface area contributed by atoms with E-state index in [0.29, 0.717) is 44.8 Å². The summed E-state index contributed by atoms with van der Waals surface area (Å²) < 4.78 is 27.6. The predicted octanol–water partition coefficient (Wildman–Crippen LogP) is 2.22. The van der Waals surface area contributed by atoms with Gasteiger partial charge in [-0.3, -0.25) is 4.79 Å². The number of hydrogen-bond donors (Lipinski definition) is 3. The first-order valence-electron chi connectivity index (χ1n) is 10.9. The second-order valence-corrected chi connectivity index (χ2v) is 11.5. The van der Waals surface area contributed by atoms with Crippen molar-refractivity contribution >= 4 is 48.8 Å². The normalized spacial score (nSPS) is 20.0. The van der Waals surface area contributed by atoms with E-state index < -0.39 is 15.4 Å². The third-order valence-corrected chi connectivity index (χ3v) is 7.37. The quantitative estimate of drug-likeness (QED) is 0.397. The standard InChI is InChI=1S/C22H25BrN8O3S/c1-22(20(32)25-2)5-4-15(9-22)28-21-26-12-17-18(23)30-31(19(17)29-21)16-7-13(10-24)6-14(8-16)11-27-35(3,33)34/h6-8,12,15,27H,4-5,9,11H2,1-3H3,(H,25,32)(H,26,28,29)/t15-,22-/m1/s1. The van der Waals surface area contributed by atoms with E-state index in [1.54, 1.807) is 36.1 Å². The van der Waals surface area contributed by atoms with Gasteiger partial charge in [0.25, 0.3) is 0 Å². The molecule has 1 saturated carbocycles. The summed E-state index contributed by atoms with van der Waals surface area (Å²) in [7, 11) is -1.75. The predicted molar refractivity (Wildman–Crippen MR) is 134 cm³/mol. The van der Waals surface area contributed by atoms with Crippen molar-refractivity contribution in [2.45, 2.75) is 38.8 Å². The molecule has 0 aliphatic heterocycles. The number of amides is 1. The first kappa shape index (κ1) is 25.0. The number of hydrogen-bond acceptors (Lipinski definition) is 8. The number of sulfonamides is 1. The Balaban J connectivity index is 1.67. The molecule has 1 aliphatic carbocycles. The van der Waals surface area contributed by atoms with Crippen LogP contribution in [-0.4, -0.2) is 53.4 Å². The molecule has 0 bridgehead atoms. The highest BCUT2D eigenvalue weighted by Gasteiger charge is 2.41. The van der Waals surface area contributed by atoms with Gasteiger partial charge in [0.15, 0.2) is 5.65 Å². The van der Waals surface area contributed by atoms with Gasteiger partial charge in [-0.15, -0.1) is 0 Å². The summed E-state index contributed by atoms with van der Waals surface area (Å²) in [6.07, 6.45) is 4.98. The fourth-order valence-corrected chi connectivity index (χ4v) is 5.22. The van der Waals surface area contributed by atoms with Gasteiger partial charge < -0.3 is 10.6 Å². The van der Waals surface area contributed by atoms with Gasteiger partial charge >= 0.3 is 0 Å². The van der Waals surface area contributed by atoms with E-state index in [2.05, 4.69) is 52.4 Å². The van der Waals surface area contributed by atoms with Gasteiger partial charge in [-0.2, -0.15) is 15.3 Å². The Bertz CT molecular complexity index is 1450. The van der Waals surface area contributed by atoms with Crippen molar-refractivity contribution in [1.29, 1.82) is 5.26 Å². The maximum atomic E-state index is 12.2. The van der Waals surface area contributed by atoms with E-state index in [1.807, 2.05) is 6.92 Å². The van der Waals surface area contributed by atoms with Crippen LogP contribution in [0.5, 0.6) is 0 Å². The summed E-state index contributed by atoms with van der Waals surface area (Å²) in [5, 5.41) is 20.8. The van der Waals surface area contributed by atoms with Crippen molar-refractivity contribution in [1.82, 2.24) is 29.8 Å². The molecule has 2 heterocycles. The van der Waals surface area contributed by atoms with Gasteiger partial charge in [0, 0.05) is 31.2 Å². The van der Waals surface area contributed by atoms with Crippen molar-refractivity contribution in [2.75, 3.05) is 18.6 Å². The highest BCUT2D eigenvalue weighted by atomic mass is 79.9. The number of fused-ring (bicyclic) bond motifs is 1. The number of aromatic nitrogens is 4. The molecule has 1 fully saturated rings. The smallest absolute Gasteiger partial charge is 0.225 e. The number of carbonyl (C=O) groups excluding carboxylic acids is 1.